The van der Waals surface area contributed by atoms with Crippen LogP contribution in [0, 0.1) is 45.9 Å². The first-order valence-corrected chi connectivity index (χ1v) is 19.4. The molecule has 16 nitrogen and oxygen atoms in total. The Balaban J connectivity index is 0.000000181. The van der Waals surface area contributed by atoms with Crippen LogP contribution in [-0.4, -0.2) is 116 Å². The Kier molecular flexibility index (Phi) is 12.5. The van der Waals surface area contributed by atoms with Gasteiger partial charge in [-0.05, 0) is 37.8 Å². The van der Waals surface area contributed by atoms with Crippen molar-refractivity contribution in [3.05, 3.63) is 93.6 Å². The average Bonchev–Trinajstić information content (AvgIpc) is 4.19. The molecule has 0 radical (unpaired) electrons. The summed E-state index contributed by atoms with van der Waals surface area (Å²) in [6, 6.07) is 11.2. The zero-order valence-electron chi connectivity index (χ0n) is 32.2. The summed E-state index contributed by atoms with van der Waals surface area (Å²) in [7, 11) is 0. The van der Waals surface area contributed by atoms with Crippen LogP contribution in [0.15, 0.2) is 36.4 Å². The number of nitriles is 2. The fourth-order valence-electron chi connectivity index (χ4n) is 6.80. The van der Waals surface area contributed by atoms with Crippen LogP contribution >= 0.6 is 0 Å². The third-order valence-corrected chi connectivity index (χ3v) is 10.4. The van der Waals surface area contributed by atoms with E-state index < -0.39 is 35.2 Å². The average molecular weight is 829 g/mol. The summed E-state index contributed by atoms with van der Waals surface area (Å²) < 4.78 is 54.1. The van der Waals surface area contributed by atoms with Crippen LogP contribution < -0.4 is 20.4 Å². The molecule has 2 saturated heterocycles. The van der Waals surface area contributed by atoms with E-state index in [1.807, 2.05) is 25.7 Å². The second-order valence-electron chi connectivity index (χ2n) is 14.9. The van der Waals surface area contributed by atoms with Gasteiger partial charge in [0.25, 0.3) is 0 Å². The summed E-state index contributed by atoms with van der Waals surface area (Å²) in [6.45, 7) is 5.25. The quantitative estimate of drug-likeness (QED) is 0.145. The van der Waals surface area contributed by atoms with Crippen molar-refractivity contribution in [3.63, 3.8) is 0 Å². The maximum Gasteiger partial charge on any atom is 0.357 e. The Morgan fingerprint density at radius 2 is 1.02 bits per heavy atom. The van der Waals surface area contributed by atoms with Gasteiger partial charge in [0, 0.05) is 101 Å². The molecule has 20 heteroatoms. The molecule has 4 heterocycles. The summed E-state index contributed by atoms with van der Waals surface area (Å²) in [4.78, 5) is 47.8. The smallest absolute Gasteiger partial charge is 0.357 e. The van der Waals surface area contributed by atoms with Crippen molar-refractivity contribution in [1.82, 2.24) is 29.7 Å². The number of carboxylic acids is 2. The Bertz CT molecular complexity index is 2350. The molecule has 312 valence electrons. The SMILES string of the molecule is N#Cc1nc(N2CCN(Cc3ccc(F)cc3F)CC2)c(NC2CC2)nc1C(=O)O.N#Cc1nc(NC2CC2)c(N2CCN(Cc3ccc(F)cc3F)CC2)nc1C(=O)O. The highest BCUT2D eigenvalue weighted by Gasteiger charge is 2.31. The van der Waals surface area contributed by atoms with Crippen LogP contribution in [0.1, 0.15) is 69.2 Å². The normalized spacial score (nSPS) is 16.9. The van der Waals surface area contributed by atoms with Crippen LogP contribution in [0.4, 0.5) is 40.8 Å². The molecule has 0 amide bonds. The van der Waals surface area contributed by atoms with Gasteiger partial charge in [0.1, 0.15) is 35.4 Å². The number of piperazine rings is 2. The van der Waals surface area contributed by atoms with Crippen molar-refractivity contribution in [2.45, 2.75) is 50.9 Å². The molecule has 8 rings (SSSR count). The topological polar surface area (TPSA) is 211 Å². The minimum atomic E-state index is -1.30. The third kappa shape index (κ3) is 10.1. The Morgan fingerprint density at radius 3 is 1.42 bits per heavy atom. The minimum absolute atomic E-state index is 0.222. The summed E-state index contributed by atoms with van der Waals surface area (Å²) >= 11 is 0. The molecule has 0 unspecified atom stereocenters. The lowest BCUT2D eigenvalue weighted by Crippen LogP contribution is -2.46. The predicted octanol–water partition coefficient (Wildman–Crippen LogP) is 4.44. The van der Waals surface area contributed by atoms with Crippen LogP contribution in [0.2, 0.25) is 0 Å². The van der Waals surface area contributed by atoms with E-state index in [1.54, 1.807) is 6.07 Å². The summed E-state index contributed by atoms with van der Waals surface area (Å²) in [5.41, 5.74) is -0.334. The summed E-state index contributed by atoms with van der Waals surface area (Å²) in [6.07, 6.45) is 3.92. The lowest BCUT2D eigenvalue weighted by atomic mass is 10.1. The molecule has 4 N–H and O–H groups in total. The van der Waals surface area contributed by atoms with Gasteiger partial charge in [0.2, 0.25) is 0 Å². The molecule has 4 aromatic rings. The molecule has 60 heavy (non-hydrogen) atoms. The van der Waals surface area contributed by atoms with Gasteiger partial charge >= 0.3 is 11.9 Å². The molecule has 4 aliphatic rings. The van der Waals surface area contributed by atoms with E-state index in [1.165, 1.54) is 24.3 Å². The number of aromatic carboxylic acids is 2. The van der Waals surface area contributed by atoms with Crippen LogP contribution in [0.3, 0.4) is 0 Å². The van der Waals surface area contributed by atoms with Crippen molar-refractivity contribution in [1.29, 1.82) is 10.5 Å². The van der Waals surface area contributed by atoms with E-state index in [4.69, 9.17) is 0 Å². The zero-order valence-corrected chi connectivity index (χ0v) is 32.2. The molecule has 4 fully saturated rings. The van der Waals surface area contributed by atoms with Gasteiger partial charge in [-0.3, -0.25) is 9.80 Å². The molecular weight excluding hydrogens is 789 g/mol. The number of rotatable bonds is 12. The van der Waals surface area contributed by atoms with Crippen LogP contribution in [0.5, 0.6) is 0 Å². The molecule has 2 aliphatic heterocycles. The number of carboxylic acid groups (broad SMARTS) is 2. The first kappa shape index (κ1) is 41.5. The second-order valence-corrected chi connectivity index (χ2v) is 14.9. The number of halogens is 4. The number of hydrogen-bond acceptors (Lipinski definition) is 14. The highest BCUT2D eigenvalue weighted by molar-refractivity contribution is 5.89. The first-order valence-electron chi connectivity index (χ1n) is 19.4. The van der Waals surface area contributed by atoms with Crippen molar-refractivity contribution in [3.8, 4) is 12.1 Å². The molecule has 0 atom stereocenters. The lowest BCUT2D eigenvalue weighted by molar-refractivity contribution is 0.0679. The number of nitrogens with one attached hydrogen (secondary N) is 2. The van der Waals surface area contributed by atoms with Gasteiger partial charge in [-0.15, -0.1) is 0 Å². The van der Waals surface area contributed by atoms with Gasteiger partial charge in [-0.25, -0.2) is 47.1 Å². The van der Waals surface area contributed by atoms with Crippen molar-refractivity contribution >= 4 is 35.2 Å². The number of aromatic nitrogens is 4. The molecule has 0 bridgehead atoms. The van der Waals surface area contributed by atoms with E-state index in [9.17, 15) is 47.9 Å². The maximum atomic E-state index is 13.9. The summed E-state index contributed by atoms with van der Waals surface area (Å²) in [5, 5.41) is 43.7. The Hall–Kier alpha value is -6.64. The fourth-order valence-corrected chi connectivity index (χ4v) is 6.80. The van der Waals surface area contributed by atoms with Gasteiger partial charge in [-0.1, -0.05) is 12.1 Å². The van der Waals surface area contributed by atoms with E-state index in [2.05, 4.69) is 30.6 Å². The lowest BCUT2D eigenvalue weighted by Gasteiger charge is -2.36. The molecule has 2 aliphatic carbocycles. The highest BCUT2D eigenvalue weighted by atomic mass is 19.1. The van der Waals surface area contributed by atoms with E-state index in [-0.39, 0.29) is 34.9 Å². The fraction of sp³-hybridized carbons (Fsp3) is 0.400. The monoisotopic (exact) mass is 828 g/mol. The zero-order chi connectivity index (χ0) is 42.5. The van der Waals surface area contributed by atoms with Gasteiger partial charge < -0.3 is 30.6 Å². The van der Waals surface area contributed by atoms with Gasteiger partial charge in [-0.2, -0.15) is 10.5 Å². The minimum Gasteiger partial charge on any atom is -0.476 e. The molecule has 0 spiro atoms. The highest BCUT2D eigenvalue weighted by Crippen LogP contribution is 2.32. The standard InChI is InChI=1S/2C20H20F2N6O2/c21-13-2-1-12(15(22)9-13)11-27-5-7-28(8-6-27)19-18(24-14-3-4-14)26-17(20(29)30)16(10-23)25-19;21-13-2-1-12(15(22)9-13)11-27-5-7-28(8-6-27)19-18(24-14-3-4-14)25-16(10-23)17(26-19)20(29)30/h1-2,9,14H,3-8,11H2,(H,24,26)(H,29,30);1-2,9,14H,3-8,11H2,(H,24,25)(H,29,30). The van der Waals surface area contributed by atoms with Crippen molar-refractivity contribution < 1.29 is 37.4 Å². The number of nitrogens with zero attached hydrogens (tertiary/aromatic N) is 10. The number of anilines is 4. The Morgan fingerprint density at radius 1 is 0.617 bits per heavy atom. The van der Waals surface area contributed by atoms with Gasteiger partial charge in [0.15, 0.2) is 46.0 Å². The third-order valence-electron chi connectivity index (χ3n) is 10.4. The molecule has 2 aromatic carbocycles. The Labute approximate surface area is 341 Å². The molecular formula is C40H40F4N12O4. The number of carbonyl (C=O) groups is 2. The molecule has 2 aromatic heterocycles. The second kappa shape index (κ2) is 18.1. The van der Waals surface area contributed by atoms with Crippen molar-refractivity contribution in [2.24, 2.45) is 0 Å². The predicted molar refractivity (Wildman–Crippen MR) is 208 cm³/mol. The number of benzene rings is 2. The largest absolute Gasteiger partial charge is 0.476 e. The molecule has 2 saturated carbocycles. The van der Waals surface area contributed by atoms with E-state index in [0.29, 0.717) is 99.8 Å². The van der Waals surface area contributed by atoms with Crippen LogP contribution in [-0.2, 0) is 13.1 Å². The van der Waals surface area contributed by atoms with Crippen molar-refractivity contribution in [2.75, 3.05) is 72.8 Å². The van der Waals surface area contributed by atoms with E-state index in [0.717, 1.165) is 37.8 Å². The first-order chi connectivity index (χ1) is 28.9. The summed E-state index contributed by atoms with van der Waals surface area (Å²) in [5.74, 6) is -3.30. The van der Waals surface area contributed by atoms with E-state index >= 15 is 0 Å². The number of hydrogen-bond donors (Lipinski definition) is 4. The van der Waals surface area contributed by atoms with Gasteiger partial charge in [0.05, 0.1) is 0 Å². The van der Waals surface area contributed by atoms with Crippen LogP contribution in [0.25, 0.3) is 0 Å². The maximum absolute atomic E-state index is 13.9.